The van der Waals surface area contributed by atoms with Gasteiger partial charge in [0.15, 0.2) is 11.5 Å². The van der Waals surface area contributed by atoms with Crippen molar-refractivity contribution >= 4 is 0 Å². The summed E-state index contributed by atoms with van der Waals surface area (Å²) in [6, 6.07) is 6.51. The molecular weight excluding hydrogens is 342 g/mol. The average Bonchev–Trinajstić information content (AvgIpc) is 3.16. The fourth-order valence-corrected chi connectivity index (χ4v) is 4.12. The Hall–Kier alpha value is -1.30. The van der Waals surface area contributed by atoms with Crippen LogP contribution in [0.1, 0.15) is 51.5 Å². The molecule has 0 bridgehead atoms. The maximum atomic E-state index is 9.83. The van der Waals surface area contributed by atoms with Gasteiger partial charge < -0.3 is 19.3 Å². The molecular formula is C22H37NO4. The lowest BCUT2D eigenvalue weighted by molar-refractivity contribution is -0.0316. The fourth-order valence-electron chi connectivity index (χ4n) is 4.12. The molecule has 0 amide bonds. The van der Waals surface area contributed by atoms with Gasteiger partial charge in [-0.1, -0.05) is 32.8 Å². The molecule has 1 unspecified atom stereocenters. The van der Waals surface area contributed by atoms with Gasteiger partial charge in [-0.2, -0.15) is 0 Å². The van der Waals surface area contributed by atoms with Crippen LogP contribution < -0.4 is 9.47 Å². The van der Waals surface area contributed by atoms with Gasteiger partial charge in [-0.15, -0.1) is 0 Å². The van der Waals surface area contributed by atoms with E-state index >= 15 is 0 Å². The van der Waals surface area contributed by atoms with Crippen molar-refractivity contribution in [2.24, 2.45) is 0 Å². The topological polar surface area (TPSA) is 51.2 Å². The van der Waals surface area contributed by atoms with Crippen LogP contribution >= 0.6 is 0 Å². The largest absolute Gasteiger partial charge is 0.493 e. The summed E-state index contributed by atoms with van der Waals surface area (Å²) in [5.74, 6) is 1.52. The molecule has 2 fully saturated rings. The zero-order valence-corrected chi connectivity index (χ0v) is 17.4. The molecule has 0 aromatic heterocycles. The first kappa shape index (κ1) is 22.0. The van der Waals surface area contributed by atoms with Crippen LogP contribution in [-0.2, 0) is 11.2 Å². The molecule has 1 aliphatic carbocycles. The van der Waals surface area contributed by atoms with Gasteiger partial charge in [-0.3, -0.25) is 4.90 Å². The summed E-state index contributed by atoms with van der Waals surface area (Å²) in [6.07, 6.45) is 6.73. The summed E-state index contributed by atoms with van der Waals surface area (Å²) in [4.78, 5) is 2.44. The van der Waals surface area contributed by atoms with Gasteiger partial charge in [0.05, 0.1) is 33.0 Å². The lowest BCUT2D eigenvalue weighted by Gasteiger charge is -2.37. The third kappa shape index (κ3) is 6.09. The van der Waals surface area contributed by atoms with E-state index in [1.165, 1.54) is 24.8 Å². The highest BCUT2D eigenvalue weighted by atomic mass is 16.5. The molecule has 1 saturated heterocycles. The molecule has 0 radical (unpaired) electrons. The monoisotopic (exact) mass is 379 g/mol. The molecule has 27 heavy (non-hydrogen) atoms. The predicted octanol–water partition coefficient (Wildman–Crippen LogP) is 3.67. The maximum Gasteiger partial charge on any atom is 0.160 e. The molecule has 3 atom stereocenters. The van der Waals surface area contributed by atoms with Crippen molar-refractivity contribution in [3.63, 3.8) is 0 Å². The lowest BCUT2D eigenvalue weighted by Crippen LogP contribution is -2.46. The predicted molar refractivity (Wildman–Crippen MR) is 109 cm³/mol. The highest BCUT2D eigenvalue weighted by Gasteiger charge is 2.34. The number of rotatable bonds is 7. The molecule has 0 spiro atoms. The quantitative estimate of drug-likeness (QED) is 0.783. The summed E-state index contributed by atoms with van der Waals surface area (Å²) in [5.41, 5.74) is 1.20. The molecule has 1 aromatic carbocycles. The normalized spacial score (nSPS) is 25.6. The van der Waals surface area contributed by atoms with Crippen LogP contribution in [0, 0.1) is 0 Å². The highest BCUT2D eigenvalue weighted by Crippen LogP contribution is 2.30. The van der Waals surface area contributed by atoms with E-state index in [0.717, 1.165) is 43.9 Å². The zero-order valence-electron chi connectivity index (χ0n) is 17.4. The Bertz CT molecular complexity index is 551. The smallest absolute Gasteiger partial charge is 0.160 e. The second-order valence-corrected chi connectivity index (χ2v) is 7.14. The molecule has 2 aliphatic rings. The van der Waals surface area contributed by atoms with E-state index in [0.29, 0.717) is 18.8 Å². The summed E-state index contributed by atoms with van der Waals surface area (Å²) in [6.45, 7) is 6.52. The number of aliphatic hydroxyl groups is 1. The number of β-amino-alcohol motifs (C(OH)–C–C–N with tert-alkyl or cyclic N) is 1. The summed E-state index contributed by atoms with van der Waals surface area (Å²) in [5, 5.41) is 9.83. The number of likely N-dealkylation sites (tertiary alicyclic amines) is 1. The van der Waals surface area contributed by atoms with Crippen LogP contribution in [0.3, 0.4) is 0 Å². The number of aliphatic hydroxyl groups excluding tert-OH is 1. The molecule has 1 N–H and O–H groups in total. The van der Waals surface area contributed by atoms with E-state index < -0.39 is 0 Å². The number of ether oxygens (including phenoxy) is 3. The first-order valence-corrected chi connectivity index (χ1v) is 10.5. The molecule has 5 heteroatoms. The van der Waals surface area contributed by atoms with Crippen molar-refractivity contribution in [2.75, 3.05) is 33.9 Å². The minimum absolute atomic E-state index is 0.158. The van der Waals surface area contributed by atoms with Gasteiger partial charge in [0, 0.05) is 19.1 Å². The molecule has 5 nitrogen and oxygen atoms in total. The van der Waals surface area contributed by atoms with Crippen molar-refractivity contribution in [3.05, 3.63) is 23.8 Å². The Morgan fingerprint density at radius 1 is 1.04 bits per heavy atom. The van der Waals surface area contributed by atoms with Crippen LogP contribution in [0.5, 0.6) is 11.5 Å². The third-order valence-electron chi connectivity index (χ3n) is 5.50. The second-order valence-electron chi connectivity index (χ2n) is 7.14. The number of benzene rings is 1. The summed E-state index contributed by atoms with van der Waals surface area (Å²) in [7, 11) is 3.31. The standard InChI is InChI=1S/C20H31NO4.C2H6/c1-23-19-8-7-15(13-20(19)24-2)10-12-25-18-6-4-3-5-17(18)21-11-9-16(22)14-21;1-2/h7-8,13,16-18,22H,3-6,9-12,14H2,1-2H3;1-2H3/t16-,17-,18?;/m1./s1. The van der Waals surface area contributed by atoms with Gasteiger partial charge in [0.25, 0.3) is 0 Å². The Kier molecular flexibility index (Phi) is 9.39. The molecule has 1 aromatic rings. The third-order valence-corrected chi connectivity index (χ3v) is 5.50. The van der Waals surface area contributed by atoms with E-state index in [1.54, 1.807) is 14.2 Å². The highest BCUT2D eigenvalue weighted by molar-refractivity contribution is 5.42. The Morgan fingerprint density at radius 2 is 1.78 bits per heavy atom. The number of methoxy groups -OCH3 is 2. The summed E-state index contributed by atoms with van der Waals surface area (Å²) >= 11 is 0. The Morgan fingerprint density at radius 3 is 2.44 bits per heavy atom. The van der Waals surface area contributed by atoms with E-state index in [1.807, 2.05) is 26.0 Å². The zero-order chi connectivity index (χ0) is 19.6. The van der Waals surface area contributed by atoms with Gasteiger partial charge in [-0.05, 0) is 43.4 Å². The average molecular weight is 380 g/mol. The lowest BCUT2D eigenvalue weighted by atomic mass is 9.91. The SMILES string of the molecule is CC.COc1ccc(CCOC2CCCC[C@H]2N2CC[C@@H](O)C2)cc1OC. The van der Waals surface area contributed by atoms with Crippen LogP contribution in [0.4, 0.5) is 0 Å². The number of nitrogens with zero attached hydrogens (tertiary/aromatic N) is 1. The molecule has 1 saturated carbocycles. The van der Waals surface area contributed by atoms with Crippen molar-refractivity contribution in [1.82, 2.24) is 4.90 Å². The summed E-state index contributed by atoms with van der Waals surface area (Å²) < 4.78 is 16.9. The van der Waals surface area contributed by atoms with Crippen LogP contribution in [0.2, 0.25) is 0 Å². The van der Waals surface area contributed by atoms with Crippen LogP contribution in [-0.4, -0.2) is 62.2 Å². The van der Waals surface area contributed by atoms with E-state index in [-0.39, 0.29) is 6.10 Å². The van der Waals surface area contributed by atoms with Crippen molar-refractivity contribution in [3.8, 4) is 11.5 Å². The molecule has 3 rings (SSSR count). The van der Waals surface area contributed by atoms with Gasteiger partial charge >= 0.3 is 0 Å². The van der Waals surface area contributed by atoms with E-state index in [9.17, 15) is 5.11 Å². The van der Waals surface area contributed by atoms with E-state index in [2.05, 4.69) is 11.0 Å². The van der Waals surface area contributed by atoms with E-state index in [4.69, 9.17) is 14.2 Å². The molecule has 1 heterocycles. The van der Waals surface area contributed by atoms with Gasteiger partial charge in [0.2, 0.25) is 0 Å². The minimum atomic E-state index is -0.158. The second kappa shape index (κ2) is 11.5. The molecule has 154 valence electrons. The van der Waals surface area contributed by atoms with Gasteiger partial charge in [-0.25, -0.2) is 0 Å². The first-order valence-electron chi connectivity index (χ1n) is 10.5. The maximum absolute atomic E-state index is 9.83. The van der Waals surface area contributed by atoms with Crippen molar-refractivity contribution in [1.29, 1.82) is 0 Å². The van der Waals surface area contributed by atoms with Gasteiger partial charge in [0.1, 0.15) is 0 Å². The Balaban J connectivity index is 0.00000126. The van der Waals surface area contributed by atoms with Crippen LogP contribution in [0.25, 0.3) is 0 Å². The van der Waals surface area contributed by atoms with Crippen LogP contribution in [0.15, 0.2) is 18.2 Å². The first-order chi connectivity index (χ1) is 13.2. The number of hydrogen-bond donors (Lipinski definition) is 1. The molecule has 1 aliphatic heterocycles. The van der Waals surface area contributed by atoms with Crippen molar-refractivity contribution in [2.45, 2.75) is 70.6 Å². The fraction of sp³-hybridized carbons (Fsp3) is 0.727. The number of hydrogen-bond acceptors (Lipinski definition) is 5. The minimum Gasteiger partial charge on any atom is -0.493 e. The van der Waals surface area contributed by atoms with Crippen molar-refractivity contribution < 1.29 is 19.3 Å². The Labute approximate surface area is 164 Å².